The zero-order valence-electron chi connectivity index (χ0n) is 8.86. The SMILES string of the molecule is CCOC(=O)[C@H]1CC2(CC2)C[C@@H]1C(=O)O. The van der Waals surface area contributed by atoms with Crippen molar-refractivity contribution < 1.29 is 19.4 Å². The number of carbonyl (C=O) groups is 2. The van der Waals surface area contributed by atoms with Gasteiger partial charge in [-0.1, -0.05) is 0 Å². The molecule has 1 N–H and O–H groups in total. The van der Waals surface area contributed by atoms with Crippen LogP contribution in [0.3, 0.4) is 0 Å². The maximum Gasteiger partial charge on any atom is 0.309 e. The first-order chi connectivity index (χ1) is 7.08. The Labute approximate surface area is 88.6 Å². The molecule has 0 aromatic heterocycles. The zero-order chi connectivity index (χ0) is 11.1. The summed E-state index contributed by atoms with van der Waals surface area (Å²) in [4.78, 5) is 22.6. The Bertz CT molecular complexity index is 293. The van der Waals surface area contributed by atoms with Gasteiger partial charge in [-0.15, -0.1) is 0 Å². The summed E-state index contributed by atoms with van der Waals surface area (Å²) in [7, 11) is 0. The van der Waals surface area contributed by atoms with Gasteiger partial charge in [0.05, 0.1) is 18.4 Å². The summed E-state index contributed by atoms with van der Waals surface area (Å²) < 4.78 is 4.93. The molecule has 0 aromatic carbocycles. The van der Waals surface area contributed by atoms with Crippen molar-refractivity contribution in [3.05, 3.63) is 0 Å². The van der Waals surface area contributed by atoms with Crippen LogP contribution in [0.1, 0.15) is 32.6 Å². The quantitative estimate of drug-likeness (QED) is 0.719. The van der Waals surface area contributed by atoms with E-state index in [9.17, 15) is 9.59 Å². The molecular weight excluding hydrogens is 196 g/mol. The molecule has 2 saturated carbocycles. The zero-order valence-corrected chi connectivity index (χ0v) is 8.86. The fourth-order valence-corrected chi connectivity index (χ4v) is 2.64. The summed E-state index contributed by atoms with van der Waals surface area (Å²) in [6.45, 7) is 2.07. The van der Waals surface area contributed by atoms with E-state index in [1.54, 1.807) is 6.92 Å². The summed E-state index contributed by atoms with van der Waals surface area (Å²) in [5.74, 6) is -2.11. The highest BCUT2D eigenvalue weighted by Crippen LogP contribution is 2.61. The van der Waals surface area contributed by atoms with Gasteiger partial charge in [0, 0.05) is 0 Å². The number of ether oxygens (including phenoxy) is 1. The van der Waals surface area contributed by atoms with E-state index in [2.05, 4.69) is 0 Å². The van der Waals surface area contributed by atoms with E-state index in [0.29, 0.717) is 19.4 Å². The molecule has 2 rings (SSSR count). The van der Waals surface area contributed by atoms with Crippen LogP contribution in [-0.4, -0.2) is 23.7 Å². The third kappa shape index (κ3) is 1.85. The number of carboxylic acids is 1. The van der Waals surface area contributed by atoms with E-state index in [1.165, 1.54) is 0 Å². The number of aliphatic carboxylic acids is 1. The van der Waals surface area contributed by atoms with Crippen molar-refractivity contribution in [2.24, 2.45) is 17.3 Å². The van der Waals surface area contributed by atoms with Gasteiger partial charge in [0.15, 0.2) is 0 Å². The monoisotopic (exact) mass is 212 g/mol. The molecule has 0 unspecified atom stereocenters. The van der Waals surface area contributed by atoms with E-state index in [4.69, 9.17) is 9.84 Å². The minimum absolute atomic E-state index is 0.167. The Balaban J connectivity index is 2.08. The molecule has 0 radical (unpaired) electrons. The van der Waals surface area contributed by atoms with E-state index >= 15 is 0 Å². The van der Waals surface area contributed by atoms with Gasteiger partial charge >= 0.3 is 11.9 Å². The molecule has 84 valence electrons. The largest absolute Gasteiger partial charge is 0.481 e. The Morgan fingerprint density at radius 2 is 1.93 bits per heavy atom. The molecule has 0 aliphatic heterocycles. The first-order valence-electron chi connectivity index (χ1n) is 5.47. The van der Waals surface area contributed by atoms with Crippen molar-refractivity contribution in [2.45, 2.75) is 32.6 Å². The highest BCUT2D eigenvalue weighted by molar-refractivity contribution is 5.82. The second-order valence-corrected chi connectivity index (χ2v) is 4.71. The van der Waals surface area contributed by atoms with Gasteiger partial charge in [0.1, 0.15) is 0 Å². The number of hydrogen-bond acceptors (Lipinski definition) is 3. The first kappa shape index (κ1) is 10.5. The van der Waals surface area contributed by atoms with Crippen molar-refractivity contribution in [3.8, 4) is 0 Å². The normalized spacial score (nSPS) is 31.5. The van der Waals surface area contributed by atoms with E-state index in [-0.39, 0.29) is 11.4 Å². The van der Waals surface area contributed by atoms with E-state index in [0.717, 1.165) is 12.8 Å². The lowest BCUT2D eigenvalue weighted by Crippen LogP contribution is -2.26. The Morgan fingerprint density at radius 3 is 2.40 bits per heavy atom. The average Bonchev–Trinajstić information content (AvgIpc) is 2.77. The van der Waals surface area contributed by atoms with Gasteiger partial charge in [0.25, 0.3) is 0 Å². The maximum absolute atomic E-state index is 11.6. The minimum atomic E-state index is -0.850. The summed E-state index contributed by atoms with van der Waals surface area (Å²) in [5, 5.41) is 9.05. The molecule has 1 spiro atoms. The van der Waals surface area contributed by atoms with Gasteiger partial charge < -0.3 is 9.84 Å². The Hall–Kier alpha value is -1.06. The van der Waals surface area contributed by atoms with Crippen molar-refractivity contribution in [3.63, 3.8) is 0 Å². The van der Waals surface area contributed by atoms with Gasteiger partial charge in [-0.05, 0) is 38.0 Å². The van der Waals surface area contributed by atoms with Crippen LogP contribution in [0.15, 0.2) is 0 Å². The highest BCUT2D eigenvalue weighted by atomic mass is 16.5. The van der Waals surface area contributed by atoms with Crippen LogP contribution < -0.4 is 0 Å². The maximum atomic E-state index is 11.6. The lowest BCUT2D eigenvalue weighted by atomic mass is 9.96. The summed E-state index contributed by atoms with van der Waals surface area (Å²) in [6, 6.07) is 0. The number of hydrogen-bond donors (Lipinski definition) is 1. The topological polar surface area (TPSA) is 63.6 Å². The van der Waals surface area contributed by atoms with Gasteiger partial charge in [-0.25, -0.2) is 0 Å². The smallest absolute Gasteiger partial charge is 0.309 e. The third-order valence-corrected chi connectivity index (χ3v) is 3.66. The third-order valence-electron chi connectivity index (χ3n) is 3.66. The van der Waals surface area contributed by atoms with Crippen LogP contribution in [0.2, 0.25) is 0 Å². The molecule has 2 aliphatic carbocycles. The molecule has 0 amide bonds. The molecular formula is C11H16O4. The standard InChI is InChI=1S/C11H16O4/c1-2-15-10(14)8-6-11(3-4-11)5-7(8)9(12)13/h7-8H,2-6H2,1H3,(H,12,13)/t7-,8-/m0/s1. The lowest BCUT2D eigenvalue weighted by Gasteiger charge is -2.13. The summed E-state index contributed by atoms with van der Waals surface area (Å²) in [6.07, 6.45) is 3.52. The second kappa shape index (κ2) is 3.51. The first-order valence-corrected chi connectivity index (χ1v) is 5.47. The number of carbonyl (C=O) groups excluding carboxylic acids is 1. The van der Waals surface area contributed by atoms with Gasteiger partial charge in [-0.3, -0.25) is 9.59 Å². The van der Waals surface area contributed by atoms with Crippen LogP contribution in [0.5, 0.6) is 0 Å². The van der Waals surface area contributed by atoms with Crippen molar-refractivity contribution in [1.29, 1.82) is 0 Å². The number of esters is 1. The predicted molar refractivity (Wildman–Crippen MR) is 52.1 cm³/mol. The highest BCUT2D eigenvalue weighted by Gasteiger charge is 2.57. The number of rotatable bonds is 3. The van der Waals surface area contributed by atoms with Crippen molar-refractivity contribution >= 4 is 11.9 Å². The van der Waals surface area contributed by atoms with Crippen LogP contribution >= 0.6 is 0 Å². The van der Waals surface area contributed by atoms with Crippen LogP contribution in [-0.2, 0) is 14.3 Å². The molecule has 2 aliphatic rings. The average molecular weight is 212 g/mol. The van der Waals surface area contributed by atoms with E-state index < -0.39 is 17.8 Å². The molecule has 2 atom stereocenters. The molecule has 0 bridgehead atoms. The van der Waals surface area contributed by atoms with Crippen molar-refractivity contribution in [1.82, 2.24) is 0 Å². The fourth-order valence-electron chi connectivity index (χ4n) is 2.64. The summed E-state index contributed by atoms with van der Waals surface area (Å²) in [5.41, 5.74) is 0.167. The van der Waals surface area contributed by atoms with Crippen LogP contribution in [0.25, 0.3) is 0 Å². The fraction of sp³-hybridized carbons (Fsp3) is 0.818. The molecule has 2 fully saturated rings. The second-order valence-electron chi connectivity index (χ2n) is 4.71. The molecule has 4 heteroatoms. The predicted octanol–water partition coefficient (Wildman–Crippen LogP) is 1.44. The molecule has 0 aromatic rings. The van der Waals surface area contributed by atoms with Crippen LogP contribution in [0, 0.1) is 17.3 Å². The van der Waals surface area contributed by atoms with Gasteiger partial charge in [0.2, 0.25) is 0 Å². The van der Waals surface area contributed by atoms with E-state index in [1.807, 2.05) is 0 Å². The van der Waals surface area contributed by atoms with Gasteiger partial charge in [-0.2, -0.15) is 0 Å². The van der Waals surface area contributed by atoms with Crippen molar-refractivity contribution in [2.75, 3.05) is 6.61 Å². The number of carboxylic acid groups (broad SMARTS) is 1. The van der Waals surface area contributed by atoms with Crippen LogP contribution in [0.4, 0.5) is 0 Å². The lowest BCUT2D eigenvalue weighted by molar-refractivity contribution is -0.156. The molecule has 0 heterocycles. The minimum Gasteiger partial charge on any atom is -0.481 e. The molecule has 15 heavy (non-hydrogen) atoms. The molecule has 4 nitrogen and oxygen atoms in total. The molecule has 0 saturated heterocycles. The summed E-state index contributed by atoms with van der Waals surface area (Å²) >= 11 is 0. The Kier molecular flexibility index (Phi) is 2.44. The Morgan fingerprint density at radius 1 is 1.33 bits per heavy atom.